The summed E-state index contributed by atoms with van der Waals surface area (Å²) in [6.07, 6.45) is -0.540. The van der Waals surface area contributed by atoms with Gasteiger partial charge in [-0.1, -0.05) is 43.6 Å². The zero-order chi connectivity index (χ0) is 15.6. The molecule has 2 nitrogen and oxygen atoms in total. The predicted molar refractivity (Wildman–Crippen MR) is 87.4 cm³/mol. The maximum absolute atomic E-state index is 9.58. The molecule has 0 radical (unpaired) electrons. The second-order valence-electron chi connectivity index (χ2n) is 5.66. The molecular weight excluding hydrogens is 284 g/mol. The summed E-state index contributed by atoms with van der Waals surface area (Å²) in [6.45, 7) is 8.02. The molecule has 1 atom stereocenters. The van der Waals surface area contributed by atoms with E-state index < -0.39 is 6.10 Å². The fourth-order valence-electron chi connectivity index (χ4n) is 2.19. The third-order valence-corrected chi connectivity index (χ3v) is 3.74. The van der Waals surface area contributed by atoms with Crippen molar-refractivity contribution in [1.82, 2.24) is 0 Å². The molecule has 0 spiro atoms. The number of hydrogen-bond donors (Lipinski definition) is 1. The van der Waals surface area contributed by atoms with Gasteiger partial charge in [0.05, 0.1) is 11.1 Å². The third-order valence-electron chi connectivity index (χ3n) is 3.45. The number of halogens is 1. The van der Waals surface area contributed by atoms with Gasteiger partial charge in [-0.2, -0.15) is 0 Å². The molecule has 0 bridgehead atoms. The minimum atomic E-state index is -0.540. The summed E-state index contributed by atoms with van der Waals surface area (Å²) in [4.78, 5) is 0. The molecule has 2 aromatic carbocycles. The van der Waals surface area contributed by atoms with Gasteiger partial charge in [0.1, 0.15) is 11.5 Å². The Morgan fingerprint density at radius 2 is 1.71 bits per heavy atom. The molecule has 21 heavy (non-hydrogen) atoms. The molecule has 2 rings (SSSR count). The summed E-state index contributed by atoms with van der Waals surface area (Å²) in [6, 6.07) is 11.6. The first-order chi connectivity index (χ1) is 9.88. The number of aliphatic hydroxyl groups is 1. The smallest absolute Gasteiger partial charge is 0.146 e. The highest BCUT2D eigenvalue weighted by molar-refractivity contribution is 6.32. The van der Waals surface area contributed by atoms with Gasteiger partial charge < -0.3 is 9.84 Å². The molecule has 2 aromatic rings. The summed E-state index contributed by atoms with van der Waals surface area (Å²) < 4.78 is 6.00. The monoisotopic (exact) mass is 304 g/mol. The van der Waals surface area contributed by atoms with Crippen molar-refractivity contribution in [3.8, 4) is 11.5 Å². The lowest BCUT2D eigenvalue weighted by molar-refractivity contribution is 0.199. The largest absolute Gasteiger partial charge is 0.455 e. The van der Waals surface area contributed by atoms with E-state index in [1.165, 1.54) is 0 Å². The fraction of sp³-hybridized carbons (Fsp3) is 0.333. The summed E-state index contributed by atoms with van der Waals surface area (Å²) in [7, 11) is 0. The maximum Gasteiger partial charge on any atom is 0.146 e. The first-order valence-corrected chi connectivity index (χ1v) is 7.52. The molecule has 1 N–H and O–H groups in total. The number of aliphatic hydroxyl groups excluding tert-OH is 1. The summed E-state index contributed by atoms with van der Waals surface area (Å²) >= 11 is 6.26. The Morgan fingerprint density at radius 3 is 2.29 bits per heavy atom. The van der Waals surface area contributed by atoms with Gasteiger partial charge in [-0.15, -0.1) is 0 Å². The van der Waals surface area contributed by atoms with Crippen molar-refractivity contribution >= 4 is 11.6 Å². The highest BCUT2D eigenvalue weighted by atomic mass is 35.5. The Morgan fingerprint density at radius 1 is 1.00 bits per heavy atom. The van der Waals surface area contributed by atoms with Crippen LogP contribution in [-0.4, -0.2) is 5.11 Å². The fourth-order valence-corrected chi connectivity index (χ4v) is 2.41. The van der Waals surface area contributed by atoms with Crippen molar-refractivity contribution in [2.75, 3.05) is 0 Å². The van der Waals surface area contributed by atoms with Crippen LogP contribution in [0.3, 0.4) is 0 Å². The van der Waals surface area contributed by atoms with Gasteiger partial charge in [0.2, 0.25) is 0 Å². The number of hydrogen-bond acceptors (Lipinski definition) is 2. The molecule has 0 saturated carbocycles. The lowest BCUT2D eigenvalue weighted by Gasteiger charge is -2.16. The Labute approximate surface area is 131 Å². The Balaban J connectivity index is 2.36. The van der Waals surface area contributed by atoms with Crippen molar-refractivity contribution in [2.45, 2.75) is 39.7 Å². The van der Waals surface area contributed by atoms with Crippen LogP contribution in [0.25, 0.3) is 0 Å². The van der Waals surface area contributed by atoms with Crippen LogP contribution < -0.4 is 4.74 Å². The Kier molecular flexibility index (Phi) is 4.92. The molecule has 0 amide bonds. The van der Waals surface area contributed by atoms with Crippen molar-refractivity contribution in [3.05, 3.63) is 58.1 Å². The Bertz CT molecular complexity index is 633. The van der Waals surface area contributed by atoms with E-state index in [-0.39, 0.29) is 0 Å². The number of rotatable bonds is 4. The molecule has 0 heterocycles. The van der Waals surface area contributed by atoms with E-state index in [0.29, 0.717) is 16.7 Å². The second kappa shape index (κ2) is 6.50. The molecule has 0 fully saturated rings. The summed E-state index contributed by atoms with van der Waals surface area (Å²) in [5, 5.41) is 10.1. The first kappa shape index (κ1) is 15.9. The van der Waals surface area contributed by atoms with Gasteiger partial charge >= 0.3 is 0 Å². The second-order valence-corrected chi connectivity index (χ2v) is 6.07. The van der Waals surface area contributed by atoms with Crippen molar-refractivity contribution in [2.24, 2.45) is 0 Å². The van der Waals surface area contributed by atoms with Crippen LogP contribution in [0.2, 0.25) is 5.02 Å². The van der Waals surface area contributed by atoms with Gasteiger partial charge in [0.15, 0.2) is 0 Å². The first-order valence-electron chi connectivity index (χ1n) is 7.14. The van der Waals surface area contributed by atoms with E-state index >= 15 is 0 Å². The van der Waals surface area contributed by atoms with Crippen LogP contribution in [0.4, 0.5) is 0 Å². The molecule has 112 valence electrons. The highest BCUT2D eigenvalue weighted by Gasteiger charge is 2.12. The average Bonchev–Trinajstić information content (AvgIpc) is 2.40. The minimum Gasteiger partial charge on any atom is -0.455 e. The van der Waals surface area contributed by atoms with Crippen LogP contribution >= 0.6 is 11.6 Å². The lowest BCUT2D eigenvalue weighted by atomic mass is 10.0. The van der Waals surface area contributed by atoms with Gasteiger partial charge in [0.25, 0.3) is 0 Å². The molecule has 0 aliphatic carbocycles. The molecule has 3 heteroatoms. The van der Waals surface area contributed by atoms with E-state index in [1.54, 1.807) is 19.1 Å². The lowest BCUT2D eigenvalue weighted by Crippen LogP contribution is -1.96. The van der Waals surface area contributed by atoms with E-state index in [2.05, 4.69) is 26.0 Å². The highest BCUT2D eigenvalue weighted by Crippen LogP contribution is 2.35. The molecule has 0 unspecified atom stereocenters. The number of benzene rings is 2. The quantitative estimate of drug-likeness (QED) is 0.794. The summed E-state index contributed by atoms with van der Waals surface area (Å²) in [5.74, 6) is 1.81. The molecular formula is C18H21ClO2. The van der Waals surface area contributed by atoms with Crippen LogP contribution in [0.1, 0.15) is 49.5 Å². The zero-order valence-electron chi connectivity index (χ0n) is 12.9. The average molecular weight is 305 g/mol. The maximum atomic E-state index is 9.58. The van der Waals surface area contributed by atoms with Gasteiger partial charge in [-0.25, -0.2) is 0 Å². The van der Waals surface area contributed by atoms with Crippen molar-refractivity contribution < 1.29 is 9.84 Å². The van der Waals surface area contributed by atoms with Crippen LogP contribution in [0, 0.1) is 6.92 Å². The van der Waals surface area contributed by atoms with Crippen molar-refractivity contribution in [3.63, 3.8) is 0 Å². The predicted octanol–water partition coefficient (Wildman–Crippen LogP) is 5.62. The molecule has 0 saturated heterocycles. The van der Waals surface area contributed by atoms with E-state index in [1.807, 2.05) is 19.1 Å². The standard InChI is InChI=1S/C18H21ClO2/c1-11(2)15-7-5-12(3)9-18(15)21-17-8-6-14(13(4)20)10-16(17)19/h5-11,13,20H,1-4H3/t13-/m1/s1. The third kappa shape index (κ3) is 3.78. The van der Waals surface area contributed by atoms with Crippen LogP contribution in [0.5, 0.6) is 11.5 Å². The summed E-state index contributed by atoms with van der Waals surface area (Å²) in [5.41, 5.74) is 3.07. The van der Waals surface area contributed by atoms with E-state index in [0.717, 1.165) is 22.4 Å². The normalized spacial score (nSPS) is 12.5. The minimum absolute atomic E-state index is 0.371. The Hall–Kier alpha value is -1.51. The molecule has 0 aliphatic rings. The van der Waals surface area contributed by atoms with Gasteiger partial charge in [-0.05, 0) is 54.7 Å². The van der Waals surface area contributed by atoms with Gasteiger partial charge in [-0.3, -0.25) is 0 Å². The molecule has 0 aliphatic heterocycles. The van der Waals surface area contributed by atoms with Gasteiger partial charge in [0, 0.05) is 0 Å². The molecule has 0 aromatic heterocycles. The zero-order valence-corrected chi connectivity index (χ0v) is 13.6. The SMILES string of the molecule is Cc1ccc(C(C)C)c(Oc2ccc([C@@H](C)O)cc2Cl)c1. The van der Waals surface area contributed by atoms with Crippen LogP contribution in [0.15, 0.2) is 36.4 Å². The van der Waals surface area contributed by atoms with E-state index in [4.69, 9.17) is 16.3 Å². The van der Waals surface area contributed by atoms with Crippen LogP contribution in [-0.2, 0) is 0 Å². The number of aryl methyl sites for hydroxylation is 1. The topological polar surface area (TPSA) is 29.5 Å². The van der Waals surface area contributed by atoms with E-state index in [9.17, 15) is 5.11 Å². The van der Waals surface area contributed by atoms with Crippen molar-refractivity contribution in [1.29, 1.82) is 0 Å². The number of ether oxygens (including phenoxy) is 1.